The maximum atomic E-state index is 7.94. The van der Waals surface area contributed by atoms with Gasteiger partial charge < -0.3 is 0 Å². The van der Waals surface area contributed by atoms with E-state index in [1.54, 1.807) is 0 Å². The molecule has 0 bridgehead atoms. The molecule has 0 atom stereocenters. The van der Waals surface area contributed by atoms with Crippen molar-refractivity contribution in [3.8, 4) is 0 Å². The molecule has 0 unspecified atom stereocenters. The second kappa shape index (κ2) is 16.5. The molecule has 4 heavy (non-hydrogen) atoms. The minimum atomic E-state index is 0. The summed E-state index contributed by atoms with van der Waals surface area (Å²) in [5, 5.41) is 0. The van der Waals surface area contributed by atoms with Gasteiger partial charge in [-0.3, -0.25) is 0 Å². The SMILES string of the molecule is [O]=[Co].[Sm].[Sr]. The maximum Gasteiger partial charge on any atom is 0 e. The molecule has 0 aromatic heterocycles. The fourth-order valence-electron chi connectivity index (χ4n) is 0. The van der Waals surface area contributed by atoms with Crippen LogP contribution in [0, 0.1) is 40.4 Å². The second-order valence-electron chi connectivity index (χ2n) is 0. The van der Waals surface area contributed by atoms with Gasteiger partial charge in [0.15, 0.2) is 0 Å². The van der Waals surface area contributed by atoms with E-state index in [9.17, 15) is 0 Å². The number of rotatable bonds is 0. The zero-order valence-electron chi connectivity index (χ0n) is 1.86. The number of hydrogen-bond donors (Lipinski definition) is 0. The summed E-state index contributed by atoms with van der Waals surface area (Å²) >= 11 is 2.31. The molecule has 2 radical (unpaired) electrons. The molecule has 23 valence electrons. The monoisotopic (exact) mass is 315 g/mol. The normalized spacial score (nSPS) is 1.25. The van der Waals surface area contributed by atoms with E-state index in [4.69, 9.17) is 3.87 Å². The van der Waals surface area contributed by atoms with Crippen molar-refractivity contribution in [3.63, 3.8) is 0 Å². The van der Waals surface area contributed by atoms with Gasteiger partial charge in [0.2, 0.25) is 0 Å². The van der Waals surface area contributed by atoms with E-state index < -0.39 is 0 Å². The molecule has 0 aliphatic heterocycles. The van der Waals surface area contributed by atoms with Crippen LogP contribution in [-0.4, -0.2) is 45.5 Å². The molecule has 0 aromatic rings. The van der Waals surface area contributed by atoms with Crippen molar-refractivity contribution in [2.75, 3.05) is 0 Å². The minimum Gasteiger partial charge on any atom is 0 e. The van der Waals surface area contributed by atoms with Crippen LogP contribution in [-0.2, 0) is 19.5 Å². The van der Waals surface area contributed by atoms with Crippen molar-refractivity contribution >= 4 is 45.5 Å². The Kier molecular flexibility index (Phi) is 64.7. The quantitative estimate of drug-likeness (QED) is 0.551. The summed E-state index contributed by atoms with van der Waals surface area (Å²) in [5.41, 5.74) is 0. The average molecular weight is 313 g/mol. The van der Waals surface area contributed by atoms with Crippen LogP contribution in [0.25, 0.3) is 0 Å². The van der Waals surface area contributed by atoms with Crippen molar-refractivity contribution in [2.45, 2.75) is 0 Å². The Hall–Kier alpha value is 3.12. The van der Waals surface area contributed by atoms with Gasteiger partial charge in [-0.25, -0.2) is 0 Å². The van der Waals surface area contributed by atoms with Crippen LogP contribution in [0.1, 0.15) is 0 Å². The van der Waals surface area contributed by atoms with Crippen LogP contribution in [0.2, 0.25) is 0 Å². The Labute approximate surface area is 102 Å². The molecule has 0 aliphatic carbocycles. The fraction of sp³-hybridized carbons (Fsp3) is 0. The van der Waals surface area contributed by atoms with Crippen LogP contribution in [0.3, 0.4) is 0 Å². The molecule has 0 fully saturated rings. The summed E-state index contributed by atoms with van der Waals surface area (Å²) in [6, 6.07) is 0. The second-order valence-corrected chi connectivity index (χ2v) is 0. The Morgan fingerprint density at radius 1 is 1.25 bits per heavy atom. The predicted octanol–water partition coefficient (Wildman–Crippen LogP) is -0.502. The molecule has 0 rings (SSSR count). The summed E-state index contributed by atoms with van der Waals surface area (Å²) < 4.78 is 7.94. The molecular weight excluding hydrogens is 313 g/mol. The third-order valence-electron chi connectivity index (χ3n) is 0. The molecule has 1 nitrogen and oxygen atoms in total. The van der Waals surface area contributed by atoms with E-state index in [0.29, 0.717) is 0 Å². The van der Waals surface area contributed by atoms with Crippen LogP contribution >= 0.6 is 0 Å². The van der Waals surface area contributed by atoms with E-state index in [1.165, 1.54) is 0 Å². The first kappa shape index (κ1) is 15.7. The standard InChI is InChI=1S/Co.O.Sm.Sr. The van der Waals surface area contributed by atoms with Gasteiger partial charge in [0.05, 0.1) is 0 Å². The first-order valence-corrected chi connectivity index (χ1v) is 0.561. The molecule has 0 saturated heterocycles. The third kappa shape index (κ3) is 8.93. The van der Waals surface area contributed by atoms with E-state index >= 15 is 0 Å². The van der Waals surface area contributed by atoms with E-state index in [-0.39, 0.29) is 85.9 Å². The summed E-state index contributed by atoms with van der Waals surface area (Å²) in [5.74, 6) is 0. The zero-order chi connectivity index (χ0) is 2.00. The Bertz CT molecular complexity index is 8.00. The van der Waals surface area contributed by atoms with Gasteiger partial charge in [0.1, 0.15) is 0 Å². The largest absolute Gasteiger partial charge is 0 e. The van der Waals surface area contributed by atoms with E-state index in [1.807, 2.05) is 0 Å². The Morgan fingerprint density at radius 2 is 1.25 bits per heavy atom. The molecule has 0 aromatic carbocycles. The molecule has 0 amide bonds. The van der Waals surface area contributed by atoms with Crippen molar-refractivity contribution in [1.29, 1.82) is 0 Å². The summed E-state index contributed by atoms with van der Waals surface area (Å²) in [7, 11) is 0. The molecule has 0 saturated carbocycles. The van der Waals surface area contributed by atoms with Crippen molar-refractivity contribution in [1.82, 2.24) is 0 Å². The van der Waals surface area contributed by atoms with Crippen LogP contribution < -0.4 is 0 Å². The average Bonchev–Trinajstić information content (AvgIpc) is 1.00. The van der Waals surface area contributed by atoms with Gasteiger partial charge >= 0.3 is 19.5 Å². The first-order valence-electron chi connectivity index (χ1n) is 0.136. The topological polar surface area (TPSA) is 17.1 Å². The predicted molar refractivity (Wildman–Crippen MR) is 6.44 cm³/mol. The smallest absolute Gasteiger partial charge is 0 e. The molecule has 0 N–H and O–H groups in total. The van der Waals surface area contributed by atoms with Crippen molar-refractivity contribution in [2.24, 2.45) is 0 Å². The number of hydrogen-bond acceptors (Lipinski definition) is 1. The Balaban J connectivity index is -0.00000000500. The van der Waals surface area contributed by atoms with E-state index in [2.05, 4.69) is 15.7 Å². The first-order chi connectivity index (χ1) is 1.00. The van der Waals surface area contributed by atoms with Gasteiger partial charge in [-0.2, -0.15) is 0 Å². The van der Waals surface area contributed by atoms with Gasteiger partial charge in [-0.05, 0) is 0 Å². The molecule has 0 aliphatic rings. The van der Waals surface area contributed by atoms with Crippen LogP contribution in [0.15, 0.2) is 0 Å². The van der Waals surface area contributed by atoms with E-state index in [0.717, 1.165) is 0 Å². The van der Waals surface area contributed by atoms with Gasteiger partial charge in [-0.1, -0.05) is 0 Å². The van der Waals surface area contributed by atoms with Gasteiger partial charge in [0.25, 0.3) is 0 Å². The molecule has 0 heterocycles. The van der Waals surface area contributed by atoms with Crippen molar-refractivity contribution < 1.29 is 59.9 Å². The molecular formula is CoOSmSr. The maximum absolute atomic E-state index is 7.94. The van der Waals surface area contributed by atoms with Gasteiger partial charge in [-0.15, -0.1) is 0 Å². The summed E-state index contributed by atoms with van der Waals surface area (Å²) in [4.78, 5) is 0. The third-order valence-corrected chi connectivity index (χ3v) is 0. The summed E-state index contributed by atoms with van der Waals surface area (Å²) in [6.45, 7) is 0. The molecule has 0 spiro atoms. The van der Waals surface area contributed by atoms with Crippen molar-refractivity contribution in [3.05, 3.63) is 0 Å². The zero-order valence-corrected chi connectivity index (χ0v) is 8.99. The Morgan fingerprint density at radius 3 is 1.25 bits per heavy atom. The van der Waals surface area contributed by atoms with Crippen LogP contribution in [0.4, 0.5) is 0 Å². The summed E-state index contributed by atoms with van der Waals surface area (Å²) in [6.07, 6.45) is 0. The molecule has 4 heteroatoms. The van der Waals surface area contributed by atoms with Crippen LogP contribution in [0.5, 0.6) is 0 Å². The van der Waals surface area contributed by atoms with Gasteiger partial charge in [0, 0.05) is 85.9 Å². The minimum absolute atomic E-state index is 0. The fourth-order valence-corrected chi connectivity index (χ4v) is 0.